The van der Waals surface area contributed by atoms with Crippen LogP contribution in [-0.2, 0) is 9.59 Å². The van der Waals surface area contributed by atoms with Crippen LogP contribution < -0.4 is 10.2 Å². The van der Waals surface area contributed by atoms with Crippen LogP contribution in [-0.4, -0.2) is 32.7 Å². The Morgan fingerprint density at radius 1 is 1.16 bits per heavy atom. The van der Waals surface area contributed by atoms with Crippen molar-refractivity contribution in [1.29, 1.82) is 0 Å². The maximum Gasteiger partial charge on any atom is 0.234 e. The fourth-order valence-corrected chi connectivity index (χ4v) is 4.02. The summed E-state index contributed by atoms with van der Waals surface area (Å²) in [4.78, 5) is 35.7. The zero-order chi connectivity index (χ0) is 22.2. The molecule has 8 heteroatoms. The van der Waals surface area contributed by atoms with Crippen molar-refractivity contribution < 1.29 is 14.0 Å². The molecule has 1 aliphatic rings. The zero-order valence-electron chi connectivity index (χ0n) is 17.3. The number of hydrogen-bond acceptors (Lipinski definition) is 4. The molecule has 5 rings (SSSR count). The Morgan fingerprint density at radius 3 is 2.75 bits per heavy atom. The minimum atomic E-state index is -0.489. The average Bonchev–Trinajstić information content (AvgIpc) is 3.35. The summed E-state index contributed by atoms with van der Waals surface area (Å²) in [6.45, 7) is 2.23. The second kappa shape index (κ2) is 7.88. The Kier molecular flexibility index (Phi) is 4.89. The highest BCUT2D eigenvalue weighted by Gasteiger charge is 2.35. The van der Waals surface area contributed by atoms with Crippen LogP contribution in [0.25, 0.3) is 17.0 Å². The molecule has 2 aromatic heterocycles. The van der Waals surface area contributed by atoms with Gasteiger partial charge in [0.2, 0.25) is 17.6 Å². The number of hydrogen-bond donors (Lipinski definition) is 1. The van der Waals surface area contributed by atoms with Gasteiger partial charge in [-0.1, -0.05) is 12.1 Å². The van der Waals surface area contributed by atoms with Gasteiger partial charge in [0.1, 0.15) is 5.82 Å². The van der Waals surface area contributed by atoms with Crippen molar-refractivity contribution in [3.8, 4) is 11.3 Å². The molecule has 0 unspecified atom stereocenters. The largest absolute Gasteiger partial charge is 0.326 e. The number of halogens is 1. The number of aryl methyl sites for hydroxylation is 1. The third-order valence-corrected chi connectivity index (χ3v) is 5.68. The maximum atomic E-state index is 13.2. The number of carbonyl (C=O) groups is 2. The summed E-state index contributed by atoms with van der Waals surface area (Å²) in [5.74, 6) is -0.629. The number of nitrogens with one attached hydrogen (secondary N) is 1. The molecule has 0 saturated carbocycles. The van der Waals surface area contributed by atoms with Crippen molar-refractivity contribution >= 4 is 29.0 Å². The van der Waals surface area contributed by atoms with Gasteiger partial charge in [-0.3, -0.25) is 14.0 Å². The van der Waals surface area contributed by atoms with E-state index >= 15 is 0 Å². The summed E-state index contributed by atoms with van der Waals surface area (Å²) in [5, 5.41) is 2.92. The van der Waals surface area contributed by atoms with Crippen LogP contribution >= 0.6 is 0 Å². The SMILES string of the molecule is Cc1c(-c2cccc(NC(=O)[C@H]3CC(=O)N(c4ccc(F)cc4)C3)c2)nc2ncccn12. The topological polar surface area (TPSA) is 79.6 Å². The highest BCUT2D eigenvalue weighted by molar-refractivity contribution is 6.03. The van der Waals surface area contributed by atoms with Gasteiger partial charge in [0.05, 0.1) is 11.6 Å². The predicted molar refractivity (Wildman–Crippen MR) is 119 cm³/mol. The van der Waals surface area contributed by atoms with Crippen LogP contribution in [0.4, 0.5) is 15.8 Å². The van der Waals surface area contributed by atoms with Crippen molar-refractivity contribution in [1.82, 2.24) is 14.4 Å². The van der Waals surface area contributed by atoms with Gasteiger partial charge in [-0.25, -0.2) is 14.4 Å². The van der Waals surface area contributed by atoms with Gasteiger partial charge in [0, 0.05) is 48.0 Å². The van der Waals surface area contributed by atoms with Crippen molar-refractivity contribution in [3.63, 3.8) is 0 Å². The number of aromatic nitrogens is 3. The summed E-state index contributed by atoms with van der Waals surface area (Å²) in [5.41, 5.74) is 3.82. The number of amides is 2. The van der Waals surface area contributed by atoms with E-state index in [4.69, 9.17) is 0 Å². The third kappa shape index (κ3) is 3.60. The highest BCUT2D eigenvalue weighted by atomic mass is 19.1. The molecule has 7 nitrogen and oxygen atoms in total. The average molecular weight is 429 g/mol. The lowest BCUT2D eigenvalue weighted by molar-refractivity contribution is -0.122. The molecule has 32 heavy (non-hydrogen) atoms. The Morgan fingerprint density at radius 2 is 1.97 bits per heavy atom. The molecular weight excluding hydrogens is 409 g/mol. The Labute approximate surface area is 183 Å². The van der Waals surface area contributed by atoms with Gasteiger partial charge >= 0.3 is 0 Å². The quantitative estimate of drug-likeness (QED) is 0.535. The van der Waals surface area contributed by atoms with Gasteiger partial charge in [-0.15, -0.1) is 0 Å². The van der Waals surface area contributed by atoms with Crippen molar-refractivity contribution in [3.05, 3.63) is 78.5 Å². The number of anilines is 2. The smallest absolute Gasteiger partial charge is 0.234 e. The summed E-state index contributed by atoms with van der Waals surface area (Å²) < 4.78 is 15.1. The lowest BCUT2D eigenvalue weighted by Crippen LogP contribution is -2.28. The lowest BCUT2D eigenvalue weighted by Gasteiger charge is -2.16. The highest BCUT2D eigenvalue weighted by Crippen LogP contribution is 2.28. The van der Waals surface area contributed by atoms with Gasteiger partial charge < -0.3 is 10.2 Å². The summed E-state index contributed by atoms with van der Waals surface area (Å²) in [7, 11) is 0. The maximum absolute atomic E-state index is 13.2. The van der Waals surface area contributed by atoms with Gasteiger partial charge in [-0.05, 0) is 49.4 Å². The second-order valence-corrected chi connectivity index (χ2v) is 7.79. The third-order valence-electron chi connectivity index (χ3n) is 5.68. The van der Waals surface area contributed by atoms with E-state index in [1.807, 2.05) is 41.8 Å². The van der Waals surface area contributed by atoms with Crippen molar-refractivity contribution in [2.45, 2.75) is 13.3 Å². The molecule has 3 heterocycles. The fraction of sp³-hybridized carbons (Fsp3) is 0.167. The molecule has 2 aromatic carbocycles. The number of carbonyl (C=O) groups excluding carboxylic acids is 2. The van der Waals surface area contributed by atoms with Crippen molar-refractivity contribution in [2.24, 2.45) is 5.92 Å². The lowest BCUT2D eigenvalue weighted by atomic mass is 10.1. The molecule has 1 fully saturated rings. The molecule has 1 saturated heterocycles. The molecule has 0 spiro atoms. The summed E-state index contributed by atoms with van der Waals surface area (Å²) in [6, 6.07) is 15.0. The van der Waals surface area contributed by atoms with Crippen LogP contribution in [0.15, 0.2) is 67.0 Å². The molecule has 0 bridgehead atoms. The van der Waals surface area contributed by atoms with Gasteiger partial charge in [0.15, 0.2) is 0 Å². The number of benzene rings is 2. The van der Waals surface area contributed by atoms with Crippen molar-refractivity contribution in [2.75, 3.05) is 16.8 Å². The zero-order valence-corrected chi connectivity index (χ0v) is 17.3. The number of fused-ring (bicyclic) bond motifs is 1. The Balaban J connectivity index is 1.33. The molecule has 1 aliphatic heterocycles. The van der Waals surface area contributed by atoms with Crippen LogP contribution in [0, 0.1) is 18.7 Å². The van der Waals surface area contributed by atoms with Crippen LogP contribution in [0.2, 0.25) is 0 Å². The van der Waals surface area contributed by atoms with E-state index in [1.54, 1.807) is 24.4 Å². The van der Waals surface area contributed by atoms with E-state index in [9.17, 15) is 14.0 Å². The molecule has 4 aromatic rings. The van der Waals surface area contributed by atoms with Crippen LogP contribution in [0.1, 0.15) is 12.1 Å². The predicted octanol–water partition coefficient (Wildman–Crippen LogP) is 3.84. The van der Waals surface area contributed by atoms with E-state index in [1.165, 1.54) is 17.0 Å². The van der Waals surface area contributed by atoms with Crippen LogP contribution in [0.3, 0.4) is 0 Å². The van der Waals surface area contributed by atoms with E-state index in [2.05, 4.69) is 15.3 Å². The Bertz CT molecular complexity index is 1330. The minimum Gasteiger partial charge on any atom is -0.326 e. The number of imidazole rings is 1. The Hall–Kier alpha value is -4.07. The number of nitrogens with zero attached hydrogens (tertiary/aromatic N) is 4. The monoisotopic (exact) mass is 429 g/mol. The first-order valence-electron chi connectivity index (χ1n) is 10.3. The van der Waals surface area contributed by atoms with Crippen LogP contribution in [0.5, 0.6) is 0 Å². The second-order valence-electron chi connectivity index (χ2n) is 7.79. The molecular formula is C24H20FN5O2. The first kappa shape index (κ1) is 19.9. The first-order chi connectivity index (χ1) is 15.5. The number of rotatable bonds is 4. The van der Waals surface area contributed by atoms with E-state index < -0.39 is 5.92 Å². The molecule has 0 radical (unpaired) electrons. The van der Waals surface area contributed by atoms with E-state index in [-0.39, 0.29) is 30.6 Å². The molecule has 0 aliphatic carbocycles. The molecule has 2 amide bonds. The molecule has 160 valence electrons. The standard InChI is InChI=1S/C24H20FN5O2/c1-15-22(28-24-26-10-3-11-29(15)24)16-4-2-5-19(12-16)27-23(32)17-13-21(31)30(14-17)20-8-6-18(25)7-9-20/h2-12,17H,13-14H2,1H3,(H,27,32)/t17-/m0/s1. The minimum absolute atomic E-state index is 0.111. The first-order valence-corrected chi connectivity index (χ1v) is 10.3. The molecule has 1 atom stereocenters. The summed E-state index contributed by atoms with van der Waals surface area (Å²) >= 11 is 0. The van der Waals surface area contributed by atoms with Gasteiger partial charge in [-0.2, -0.15) is 0 Å². The van der Waals surface area contributed by atoms with E-state index in [0.29, 0.717) is 17.2 Å². The van der Waals surface area contributed by atoms with E-state index in [0.717, 1.165) is 17.0 Å². The molecule has 1 N–H and O–H groups in total. The summed E-state index contributed by atoms with van der Waals surface area (Å²) in [6.07, 6.45) is 3.71. The van der Waals surface area contributed by atoms with Gasteiger partial charge in [0.25, 0.3) is 0 Å². The fourth-order valence-electron chi connectivity index (χ4n) is 4.02. The normalized spacial score (nSPS) is 16.0.